The van der Waals surface area contributed by atoms with E-state index in [4.69, 9.17) is 10.8 Å². The van der Waals surface area contributed by atoms with Gasteiger partial charge in [0, 0.05) is 23.9 Å². The minimum atomic E-state index is -0.225. The zero-order chi connectivity index (χ0) is 21.2. The van der Waals surface area contributed by atoms with Crippen molar-refractivity contribution in [3.8, 4) is 11.3 Å². The maximum absolute atomic E-state index is 12.5. The second-order valence-corrected chi connectivity index (χ2v) is 7.50. The van der Waals surface area contributed by atoms with Gasteiger partial charge in [0.2, 0.25) is 0 Å². The van der Waals surface area contributed by atoms with Crippen LogP contribution in [0.5, 0.6) is 0 Å². The highest BCUT2D eigenvalue weighted by Gasteiger charge is 2.23. The minimum absolute atomic E-state index is 0.211. The van der Waals surface area contributed by atoms with Crippen LogP contribution in [0.25, 0.3) is 22.3 Å². The van der Waals surface area contributed by atoms with Crippen LogP contribution in [0.1, 0.15) is 29.2 Å². The molecule has 0 spiro atoms. The zero-order valence-electron chi connectivity index (χ0n) is 16.8. The van der Waals surface area contributed by atoms with E-state index in [9.17, 15) is 4.79 Å². The SMILES string of the molecule is Nc1ncnc2c1c(-c1ccc(C(=O)Nc3ccccn3)cc1)nn2[C@@H]1CCCNC1. The number of piperidine rings is 1. The first-order valence-electron chi connectivity index (χ1n) is 10.2. The maximum atomic E-state index is 12.5. The summed E-state index contributed by atoms with van der Waals surface area (Å²) in [4.78, 5) is 25.3. The molecule has 0 unspecified atom stereocenters. The molecule has 31 heavy (non-hydrogen) atoms. The third-order valence-electron chi connectivity index (χ3n) is 5.46. The van der Waals surface area contributed by atoms with Crippen molar-refractivity contribution in [2.45, 2.75) is 18.9 Å². The number of nitrogen functional groups attached to an aromatic ring is 1. The smallest absolute Gasteiger partial charge is 0.256 e. The van der Waals surface area contributed by atoms with Crippen LogP contribution < -0.4 is 16.4 Å². The second-order valence-electron chi connectivity index (χ2n) is 7.50. The van der Waals surface area contributed by atoms with Gasteiger partial charge in [-0.15, -0.1) is 0 Å². The number of amides is 1. The van der Waals surface area contributed by atoms with E-state index < -0.39 is 0 Å². The van der Waals surface area contributed by atoms with Crippen molar-refractivity contribution in [2.24, 2.45) is 0 Å². The van der Waals surface area contributed by atoms with Gasteiger partial charge in [-0.2, -0.15) is 5.10 Å². The summed E-state index contributed by atoms with van der Waals surface area (Å²) in [6.07, 6.45) is 5.22. The molecule has 156 valence electrons. The van der Waals surface area contributed by atoms with Gasteiger partial charge in [0.1, 0.15) is 23.7 Å². The van der Waals surface area contributed by atoms with E-state index in [2.05, 4.69) is 25.6 Å². The first-order valence-corrected chi connectivity index (χ1v) is 10.2. The molecule has 0 aliphatic carbocycles. The van der Waals surface area contributed by atoms with Crippen LogP contribution in [-0.4, -0.2) is 43.7 Å². The van der Waals surface area contributed by atoms with Crippen molar-refractivity contribution < 1.29 is 4.79 Å². The lowest BCUT2D eigenvalue weighted by molar-refractivity contribution is 0.102. The van der Waals surface area contributed by atoms with Crippen LogP contribution in [0, 0.1) is 0 Å². The molecule has 9 nitrogen and oxygen atoms in total. The van der Waals surface area contributed by atoms with Crippen molar-refractivity contribution in [3.63, 3.8) is 0 Å². The molecule has 1 saturated heterocycles. The first-order chi connectivity index (χ1) is 15.2. The number of nitrogens with two attached hydrogens (primary N) is 1. The zero-order valence-corrected chi connectivity index (χ0v) is 16.8. The first kappa shape index (κ1) is 19.1. The topological polar surface area (TPSA) is 124 Å². The fraction of sp³-hybridized carbons (Fsp3) is 0.227. The molecule has 0 saturated carbocycles. The van der Waals surface area contributed by atoms with Gasteiger partial charge < -0.3 is 16.4 Å². The van der Waals surface area contributed by atoms with Crippen LogP contribution in [0.3, 0.4) is 0 Å². The molecule has 1 aromatic carbocycles. The Balaban J connectivity index is 1.48. The van der Waals surface area contributed by atoms with Crippen LogP contribution in [0.2, 0.25) is 0 Å². The number of fused-ring (bicyclic) bond motifs is 1. The number of anilines is 2. The molecule has 1 amide bonds. The molecule has 4 N–H and O–H groups in total. The van der Waals surface area contributed by atoms with Gasteiger partial charge in [-0.1, -0.05) is 18.2 Å². The Morgan fingerprint density at radius 3 is 2.74 bits per heavy atom. The molecule has 4 aromatic rings. The monoisotopic (exact) mass is 414 g/mol. The number of benzene rings is 1. The third-order valence-corrected chi connectivity index (χ3v) is 5.46. The van der Waals surface area contributed by atoms with Crippen LogP contribution in [-0.2, 0) is 0 Å². The molecular weight excluding hydrogens is 392 g/mol. The lowest BCUT2D eigenvalue weighted by atomic mass is 10.1. The number of pyridine rings is 1. The van der Waals surface area contributed by atoms with E-state index in [1.165, 1.54) is 6.33 Å². The Morgan fingerprint density at radius 2 is 2.00 bits per heavy atom. The number of hydrogen-bond donors (Lipinski definition) is 3. The van der Waals surface area contributed by atoms with E-state index >= 15 is 0 Å². The fourth-order valence-corrected chi connectivity index (χ4v) is 3.90. The Morgan fingerprint density at radius 1 is 1.13 bits per heavy atom. The Bertz CT molecular complexity index is 1210. The number of nitrogens with zero attached hydrogens (tertiary/aromatic N) is 5. The second kappa shape index (κ2) is 8.11. The summed E-state index contributed by atoms with van der Waals surface area (Å²) in [6, 6.07) is 12.8. The summed E-state index contributed by atoms with van der Waals surface area (Å²) < 4.78 is 1.95. The van der Waals surface area contributed by atoms with Gasteiger partial charge in [-0.25, -0.2) is 19.6 Å². The highest BCUT2D eigenvalue weighted by molar-refractivity contribution is 6.04. The lowest BCUT2D eigenvalue weighted by Gasteiger charge is -2.23. The van der Waals surface area contributed by atoms with Crippen LogP contribution >= 0.6 is 0 Å². The minimum Gasteiger partial charge on any atom is -0.383 e. The number of carbonyl (C=O) groups is 1. The molecule has 9 heteroatoms. The Labute approximate surface area is 178 Å². The predicted molar refractivity (Wildman–Crippen MR) is 119 cm³/mol. The van der Waals surface area contributed by atoms with Gasteiger partial charge >= 0.3 is 0 Å². The number of hydrogen-bond acceptors (Lipinski definition) is 7. The highest BCUT2D eigenvalue weighted by atomic mass is 16.1. The van der Waals surface area contributed by atoms with Gasteiger partial charge in [0.05, 0.1) is 11.4 Å². The van der Waals surface area contributed by atoms with Crippen molar-refractivity contribution in [3.05, 3.63) is 60.6 Å². The number of rotatable bonds is 4. The molecule has 1 aliphatic heterocycles. The molecule has 0 bridgehead atoms. The third kappa shape index (κ3) is 3.71. The Kier molecular flexibility index (Phi) is 5.01. The van der Waals surface area contributed by atoms with Crippen LogP contribution in [0.15, 0.2) is 55.0 Å². The van der Waals surface area contributed by atoms with Crippen LogP contribution in [0.4, 0.5) is 11.6 Å². The molecule has 1 aliphatic rings. The quantitative estimate of drug-likeness (QED) is 0.469. The van der Waals surface area contributed by atoms with E-state index in [0.29, 0.717) is 17.2 Å². The normalized spacial score (nSPS) is 16.3. The summed E-state index contributed by atoms with van der Waals surface area (Å²) in [5, 5.41) is 11.8. The largest absolute Gasteiger partial charge is 0.383 e. The molecule has 3 aromatic heterocycles. The predicted octanol–water partition coefficient (Wildman–Crippen LogP) is 2.65. The van der Waals surface area contributed by atoms with Gasteiger partial charge in [-0.05, 0) is 43.7 Å². The molecule has 1 fully saturated rings. The summed E-state index contributed by atoms with van der Waals surface area (Å²) >= 11 is 0. The van der Waals surface area contributed by atoms with Crippen molar-refractivity contribution in [1.82, 2.24) is 30.0 Å². The molecule has 4 heterocycles. The number of nitrogens with one attached hydrogen (secondary N) is 2. The molecular formula is C22H22N8O. The standard InChI is InChI=1S/C22H22N8O/c23-20-18-19(29-30(21(18)27-13-26-20)16-4-3-10-24-12-16)14-6-8-15(9-7-14)22(31)28-17-5-1-2-11-25-17/h1-2,5-9,11,13,16,24H,3-4,10,12H2,(H2,23,26,27)(H,25,28,31)/t16-/m1/s1. The summed E-state index contributed by atoms with van der Waals surface area (Å²) in [7, 11) is 0. The maximum Gasteiger partial charge on any atom is 0.256 e. The fourth-order valence-electron chi connectivity index (χ4n) is 3.90. The van der Waals surface area contributed by atoms with E-state index in [1.54, 1.807) is 30.5 Å². The van der Waals surface area contributed by atoms with Crippen molar-refractivity contribution >= 4 is 28.6 Å². The van der Waals surface area contributed by atoms with E-state index in [1.807, 2.05) is 22.9 Å². The summed E-state index contributed by atoms with van der Waals surface area (Å²) in [5.74, 6) is 0.677. The van der Waals surface area contributed by atoms with Gasteiger partial charge in [0.25, 0.3) is 5.91 Å². The average molecular weight is 414 g/mol. The molecule has 5 rings (SSSR count). The number of carbonyl (C=O) groups excluding carboxylic acids is 1. The summed E-state index contributed by atoms with van der Waals surface area (Å²) in [6.45, 7) is 1.86. The summed E-state index contributed by atoms with van der Waals surface area (Å²) in [5.41, 5.74) is 9.03. The van der Waals surface area contributed by atoms with E-state index in [0.717, 1.165) is 48.2 Å². The van der Waals surface area contributed by atoms with Crippen molar-refractivity contribution in [2.75, 3.05) is 24.1 Å². The van der Waals surface area contributed by atoms with Gasteiger partial charge in [-0.3, -0.25) is 4.79 Å². The Hall–Kier alpha value is -3.85. The average Bonchev–Trinajstić information content (AvgIpc) is 3.21. The lowest BCUT2D eigenvalue weighted by Crippen LogP contribution is -2.32. The van der Waals surface area contributed by atoms with Gasteiger partial charge in [0.15, 0.2) is 5.65 Å². The van der Waals surface area contributed by atoms with Crippen molar-refractivity contribution in [1.29, 1.82) is 0 Å². The molecule has 1 atom stereocenters. The number of aromatic nitrogens is 5. The van der Waals surface area contributed by atoms with E-state index in [-0.39, 0.29) is 11.9 Å². The molecule has 0 radical (unpaired) electrons. The highest BCUT2D eigenvalue weighted by Crippen LogP contribution is 2.33.